The second-order valence-corrected chi connectivity index (χ2v) is 4.66. The van der Waals surface area contributed by atoms with E-state index in [0.29, 0.717) is 4.67 Å². The summed E-state index contributed by atoms with van der Waals surface area (Å²) in [4.78, 5) is 0. The van der Waals surface area contributed by atoms with E-state index in [1.54, 1.807) is 6.26 Å². The van der Waals surface area contributed by atoms with Crippen LogP contribution in [0.5, 0.6) is 0 Å². The number of rotatable bonds is 3. The zero-order valence-electron chi connectivity index (χ0n) is 9.39. The zero-order chi connectivity index (χ0) is 12.5. The molecule has 0 radical (unpaired) electrons. The van der Waals surface area contributed by atoms with Crippen LogP contribution in [0.2, 0.25) is 0 Å². The molecule has 0 saturated heterocycles. The Morgan fingerprint density at radius 3 is 2.72 bits per heavy atom. The minimum atomic E-state index is -0.245. The molecule has 3 aromatic rings. The first-order valence-electron chi connectivity index (χ1n) is 5.47. The highest BCUT2D eigenvalue weighted by atomic mass is 79.9. The van der Waals surface area contributed by atoms with Crippen molar-refractivity contribution in [3.05, 3.63) is 58.7 Å². The number of hydrogen-bond acceptors (Lipinski definition) is 4. The van der Waals surface area contributed by atoms with Gasteiger partial charge >= 0.3 is 0 Å². The standard InChI is InChI=1S/C13H11BrN2O2/c14-13-9(5-6-17-13)12(16-15)11-7-8-3-1-2-4-10(8)18-11/h1-7,12,16H,15H2. The van der Waals surface area contributed by atoms with Gasteiger partial charge in [0.25, 0.3) is 0 Å². The van der Waals surface area contributed by atoms with Crippen LogP contribution >= 0.6 is 15.9 Å². The van der Waals surface area contributed by atoms with Gasteiger partial charge in [0.05, 0.1) is 6.26 Å². The Morgan fingerprint density at radius 1 is 1.22 bits per heavy atom. The molecule has 0 spiro atoms. The second-order valence-electron chi connectivity index (χ2n) is 3.94. The van der Waals surface area contributed by atoms with Crippen LogP contribution in [0.3, 0.4) is 0 Å². The molecule has 92 valence electrons. The Labute approximate surface area is 112 Å². The molecule has 4 nitrogen and oxygen atoms in total. The van der Waals surface area contributed by atoms with Crippen molar-refractivity contribution in [1.82, 2.24) is 5.43 Å². The van der Waals surface area contributed by atoms with Crippen molar-refractivity contribution in [3.63, 3.8) is 0 Å². The summed E-state index contributed by atoms with van der Waals surface area (Å²) < 4.78 is 11.7. The Balaban J connectivity index is 2.09. The smallest absolute Gasteiger partial charge is 0.174 e. The van der Waals surface area contributed by atoms with Gasteiger partial charge in [0.2, 0.25) is 0 Å². The molecule has 1 atom stereocenters. The minimum Gasteiger partial charge on any atom is -0.459 e. The second kappa shape index (κ2) is 4.61. The van der Waals surface area contributed by atoms with Crippen LogP contribution in [0.25, 0.3) is 11.0 Å². The third-order valence-corrected chi connectivity index (χ3v) is 3.50. The third kappa shape index (κ3) is 1.86. The number of para-hydroxylation sites is 1. The first kappa shape index (κ1) is 11.5. The van der Waals surface area contributed by atoms with Crippen molar-refractivity contribution in [2.24, 2.45) is 5.84 Å². The molecule has 2 aromatic heterocycles. The number of benzene rings is 1. The van der Waals surface area contributed by atoms with Crippen LogP contribution in [-0.2, 0) is 0 Å². The molecular formula is C13H11BrN2O2. The summed E-state index contributed by atoms with van der Waals surface area (Å²) >= 11 is 3.34. The van der Waals surface area contributed by atoms with Gasteiger partial charge in [-0.05, 0) is 34.1 Å². The van der Waals surface area contributed by atoms with Crippen LogP contribution in [0.1, 0.15) is 17.4 Å². The van der Waals surface area contributed by atoms with E-state index in [1.807, 2.05) is 36.4 Å². The van der Waals surface area contributed by atoms with E-state index >= 15 is 0 Å². The number of furan rings is 2. The monoisotopic (exact) mass is 306 g/mol. The lowest BCUT2D eigenvalue weighted by atomic mass is 10.1. The molecule has 0 aliphatic rings. The quantitative estimate of drug-likeness (QED) is 0.575. The molecule has 5 heteroatoms. The molecule has 0 saturated carbocycles. The predicted molar refractivity (Wildman–Crippen MR) is 71.8 cm³/mol. The molecule has 3 rings (SSSR count). The summed E-state index contributed by atoms with van der Waals surface area (Å²) in [5.41, 5.74) is 4.48. The number of nitrogens with two attached hydrogens (primary N) is 1. The predicted octanol–water partition coefficient (Wildman–Crippen LogP) is 3.34. The lowest BCUT2D eigenvalue weighted by molar-refractivity contribution is 0.467. The first-order valence-corrected chi connectivity index (χ1v) is 6.26. The van der Waals surface area contributed by atoms with Crippen LogP contribution in [0.15, 0.2) is 56.2 Å². The molecule has 1 unspecified atom stereocenters. The molecule has 0 bridgehead atoms. The molecule has 1 aromatic carbocycles. The molecule has 0 amide bonds. The summed E-state index contributed by atoms with van der Waals surface area (Å²) in [6.45, 7) is 0. The SMILES string of the molecule is NNC(c1cc2ccccc2o1)c1ccoc1Br. The van der Waals surface area contributed by atoms with Crippen molar-refractivity contribution in [3.8, 4) is 0 Å². The fourth-order valence-electron chi connectivity index (χ4n) is 1.98. The zero-order valence-corrected chi connectivity index (χ0v) is 11.0. The summed E-state index contributed by atoms with van der Waals surface area (Å²) in [5, 5.41) is 1.05. The van der Waals surface area contributed by atoms with Gasteiger partial charge < -0.3 is 8.83 Å². The van der Waals surface area contributed by atoms with Crippen molar-refractivity contribution in [2.45, 2.75) is 6.04 Å². The van der Waals surface area contributed by atoms with E-state index in [2.05, 4.69) is 21.4 Å². The largest absolute Gasteiger partial charge is 0.459 e. The number of nitrogens with one attached hydrogen (secondary N) is 1. The van der Waals surface area contributed by atoms with Crippen LogP contribution in [-0.4, -0.2) is 0 Å². The van der Waals surface area contributed by atoms with Gasteiger partial charge in [-0.2, -0.15) is 0 Å². The Morgan fingerprint density at radius 2 is 2.06 bits per heavy atom. The highest BCUT2D eigenvalue weighted by molar-refractivity contribution is 9.10. The van der Waals surface area contributed by atoms with Crippen molar-refractivity contribution in [1.29, 1.82) is 0 Å². The van der Waals surface area contributed by atoms with E-state index in [4.69, 9.17) is 14.7 Å². The Bertz CT molecular complexity index is 641. The van der Waals surface area contributed by atoms with Gasteiger partial charge in [-0.1, -0.05) is 18.2 Å². The van der Waals surface area contributed by atoms with E-state index < -0.39 is 0 Å². The third-order valence-electron chi connectivity index (χ3n) is 2.85. The highest BCUT2D eigenvalue weighted by Crippen LogP contribution is 2.32. The topological polar surface area (TPSA) is 64.3 Å². The van der Waals surface area contributed by atoms with Crippen molar-refractivity contribution < 1.29 is 8.83 Å². The summed E-state index contributed by atoms with van der Waals surface area (Å²) in [6, 6.07) is 11.4. The molecule has 2 heterocycles. The maximum absolute atomic E-state index is 5.79. The van der Waals surface area contributed by atoms with Crippen LogP contribution in [0.4, 0.5) is 0 Å². The van der Waals surface area contributed by atoms with E-state index in [1.165, 1.54) is 0 Å². The normalized spacial score (nSPS) is 13.0. The van der Waals surface area contributed by atoms with Crippen molar-refractivity contribution in [2.75, 3.05) is 0 Å². The minimum absolute atomic E-state index is 0.245. The van der Waals surface area contributed by atoms with Crippen LogP contribution in [0, 0.1) is 0 Å². The molecule has 0 fully saturated rings. The lowest BCUT2D eigenvalue weighted by Crippen LogP contribution is -2.28. The van der Waals surface area contributed by atoms with Crippen LogP contribution < -0.4 is 11.3 Å². The Kier molecular flexibility index (Phi) is 2.95. The molecule has 0 aliphatic heterocycles. The fourth-order valence-corrected chi connectivity index (χ4v) is 2.45. The number of fused-ring (bicyclic) bond motifs is 1. The average molecular weight is 307 g/mol. The number of hydrogen-bond donors (Lipinski definition) is 2. The summed E-state index contributed by atoms with van der Waals surface area (Å²) in [6.07, 6.45) is 1.60. The number of halogens is 1. The van der Waals surface area contributed by atoms with E-state index in [-0.39, 0.29) is 6.04 Å². The van der Waals surface area contributed by atoms with Gasteiger partial charge in [-0.25, -0.2) is 5.43 Å². The molecule has 3 N–H and O–H groups in total. The van der Waals surface area contributed by atoms with Gasteiger partial charge in [-0.15, -0.1) is 0 Å². The Hall–Kier alpha value is -1.56. The van der Waals surface area contributed by atoms with Gasteiger partial charge in [0.1, 0.15) is 17.4 Å². The first-order chi connectivity index (χ1) is 8.79. The fraction of sp³-hybridized carbons (Fsp3) is 0.0769. The summed E-state index contributed by atoms with van der Waals surface area (Å²) in [5.74, 6) is 6.36. The van der Waals surface area contributed by atoms with Gasteiger partial charge in [-0.3, -0.25) is 5.84 Å². The summed E-state index contributed by atoms with van der Waals surface area (Å²) in [7, 11) is 0. The molecule has 0 aliphatic carbocycles. The maximum Gasteiger partial charge on any atom is 0.174 e. The van der Waals surface area contributed by atoms with Gasteiger partial charge in [0, 0.05) is 10.9 Å². The van der Waals surface area contributed by atoms with E-state index in [0.717, 1.165) is 22.3 Å². The molecule has 18 heavy (non-hydrogen) atoms. The van der Waals surface area contributed by atoms with Crippen molar-refractivity contribution >= 4 is 26.9 Å². The average Bonchev–Trinajstić information content (AvgIpc) is 2.97. The molecular weight excluding hydrogens is 296 g/mol. The van der Waals surface area contributed by atoms with E-state index in [9.17, 15) is 0 Å². The highest BCUT2D eigenvalue weighted by Gasteiger charge is 2.21. The van der Waals surface area contributed by atoms with Gasteiger partial charge in [0.15, 0.2) is 4.67 Å². The number of hydrazine groups is 1. The lowest BCUT2D eigenvalue weighted by Gasteiger charge is -2.11. The maximum atomic E-state index is 5.79.